The van der Waals surface area contributed by atoms with Crippen LogP contribution in [0.3, 0.4) is 0 Å². The number of aliphatic hydroxyl groups excluding tert-OH is 1. The number of nitrogens with two attached hydrogens (primary N) is 1. The summed E-state index contributed by atoms with van der Waals surface area (Å²) < 4.78 is 47.9. The Kier molecular flexibility index (Phi) is 49.8. The van der Waals surface area contributed by atoms with E-state index in [0.29, 0.717) is 86.2 Å². The second-order valence-corrected chi connectivity index (χ2v) is 36.9. The Morgan fingerprint density at radius 2 is 1.15 bits per heavy atom. The molecule has 7 rings (SSSR count). The summed E-state index contributed by atoms with van der Waals surface area (Å²) in [5, 5.41) is 37.5. The van der Waals surface area contributed by atoms with E-state index in [9.17, 15) is 62.6 Å². The van der Waals surface area contributed by atoms with Crippen molar-refractivity contribution < 1.29 is 101 Å². The molecule has 35 heteroatoms. The van der Waals surface area contributed by atoms with E-state index < -0.39 is 102 Å². The Morgan fingerprint density at radius 1 is 0.569 bits per heavy atom. The zero-order chi connectivity index (χ0) is 100. The first-order valence-corrected chi connectivity index (χ1v) is 49.0. The maximum Gasteiger partial charge on any atom is 0.410 e. The van der Waals surface area contributed by atoms with E-state index in [2.05, 4.69) is 49.1 Å². The standard InChI is InChI=1S/C102H154N14O21/c1-16-18-49-130-55-61-136-62-60-135-54-48-116-95-80-31-23-22-30-79(80)65-115(84-34-25-24-32-81(84)93(95)110-111-116)88(121)41-40-87(120)113(46-52-133-58-56-131-50-42-72(11)117)47-53-134-59-57-132-51-43-86(119)107-90(67(3)4)98(125)106-82(33-26-44-104-101(103)128)85(118)64-76-36-38-77(39-37-76)66-137-102(129)112(15)94(69(7)8)100(127)108-91(68(5)6)99(126)109-92(70(9)17-2)71(10)63-89(122)114-45-27-35-83(114)73(12)74(13)97(124)105-75(14)96(123)78-28-20-19-21-29-78/h19-25,28-32,34,36-39,67-71,73-75,82-83,90-92,94,96,123H,16-18,26-27,33,35,40-66H2,1-15H3,(H,105,124)(H,106,125)(H,107,119)(H,108,127)(H,109,126)(H3,103,104,128)/t70-,71+,73+,74+,75+,82-,83-,90-,91+,92?,94-,96+/m1/s1. The number of nitrogens with zero attached hydrogens (tertiary/aromatic N) is 7. The zero-order valence-corrected chi connectivity index (χ0v) is 83.3. The topological polar surface area (TPSA) is 441 Å². The predicted molar refractivity (Wildman–Crippen MR) is 520 cm³/mol. The lowest BCUT2D eigenvalue weighted by atomic mass is 9.84. The lowest BCUT2D eigenvalue weighted by Gasteiger charge is -2.36. The number of unbranched alkanes of at least 4 members (excludes halogenated alkanes) is 1. The van der Waals surface area contributed by atoms with E-state index in [1.165, 1.54) is 18.9 Å². The highest BCUT2D eigenvalue weighted by Crippen LogP contribution is 2.42. The molecule has 137 heavy (non-hydrogen) atoms. The van der Waals surface area contributed by atoms with Crippen LogP contribution < -0.4 is 42.5 Å². The number of likely N-dealkylation sites (tertiary alicyclic amines) is 1. The van der Waals surface area contributed by atoms with Crippen molar-refractivity contribution in [2.75, 3.05) is 131 Å². The third-order valence-corrected chi connectivity index (χ3v) is 25.3. The molecule has 5 aromatic rings. The van der Waals surface area contributed by atoms with Gasteiger partial charge in [0.05, 0.1) is 129 Å². The van der Waals surface area contributed by atoms with Crippen molar-refractivity contribution >= 4 is 76.6 Å². The number of carbonyl (C=O) groups is 12. The number of ketones is 2. The molecule has 0 spiro atoms. The van der Waals surface area contributed by atoms with Gasteiger partial charge in [0.1, 0.15) is 36.2 Å². The molecule has 3 heterocycles. The first-order chi connectivity index (χ1) is 65.6. The van der Waals surface area contributed by atoms with Gasteiger partial charge in [-0.25, -0.2) is 14.3 Å². The summed E-state index contributed by atoms with van der Waals surface area (Å²) in [6.07, 6.45) is 2.86. The maximum atomic E-state index is 14.6. The van der Waals surface area contributed by atoms with Crippen LogP contribution in [0, 0.1) is 41.4 Å². The number of aliphatic hydroxyl groups is 1. The van der Waals surface area contributed by atoms with Crippen molar-refractivity contribution in [3.63, 3.8) is 0 Å². The Hall–Kier alpha value is -10.7. The summed E-state index contributed by atoms with van der Waals surface area (Å²) >= 11 is 0. The summed E-state index contributed by atoms with van der Waals surface area (Å²) in [4.78, 5) is 171. The third kappa shape index (κ3) is 37.2. The molecule has 1 aromatic heterocycles. The van der Waals surface area contributed by atoms with Crippen LogP contribution in [-0.4, -0.2) is 274 Å². The van der Waals surface area contributed by atoms with Gasteiger partial charge >= 0.3 is 12.1 Å². The van der Waals surface area contributed by atoms with Gasteiger partial charge in [0.25, 0.3) is 0 Å². The van der Waals surface area contributed by atoms with Gasteiger partial charge in [-0.2, -0.15) is 0 Å². The molecule has 1 saturated heterocycles. The highest BCUT2D eigenvalue weighted by molar-refractivity contribution is 6.01. The number of ether oxygens (including phenoxy) is 8. The number of Topliss-reactive ketones (excluding diaryl/α,β-unsaturated/α-hetero) is 2. The first kappa shape index (κ1) is 113. The molecule has 758 valence electrons. The fraction of sp³-hybridized carbons (Fsp3) is 0.627. The van der Waals surface area contributed by atoms with E-state index in [-0.39, 0.29) is 196 Å². The van der Waals surface area contributed by atoms with Gasteiger partial charge in [0.15, 0.2) is 5.78 Å². The molecule has 11 amide bonds. The number of primary amides is 1. The molecule has 9 N–H and O–H groups in total. The number of hydrogen-bond donors (Lipinski definition) is 8. The fourth-order valence-electron chi connectivity index (χ4n) is 16.9. The van der Waals surface area contributed by atoms with Crippen LogP contribution in [0.5, 0.6) is 0 Å². The second kappa shape index (κ2) is 60.3. The van der Waals surface area contributed by atoms with E-state index in [1.807, 2.05) is 137 Å². The SMILES string of the molecule is CCCCOCCOCCOCCn1nnc2c1-c1ccccc1CN(C(=O)CCC(=O)N(CCOCCOCCC(C)=O)CCOCCOCCC(=O)N[C@@H](C(=O)N[C@H](CCCNC(N)=O)C(=O)Cc1ccc(COC(=O)N(C)[C@@H](C(=O)N[C@H](C(=O)NC([C@H](C)CC)[C@@H](C)CC(=O)N3CCC[C@@H]3[C@@H](C)[C@H](C)C(=O)N[C@@H](C)[C@H](O)c3ccccc3)C(C)C)C(C)C)cc1)C(C)C)c1ccccc1-2. The van der Waals surface area contributed by atoms with Gasteiger partial charge in [-0.3, -0.25) is 52.8 Å². The van der Waals surface area contributed by atoms with Crippen LogP contribution in [0.2, 0.25) is 0 Å². The van der Waals surface area contributed by atoms with Crippen molar-refractivity contribution in [3.8, 4) is 22.5 Å². The third-order valence-electron chi connectivity index (χ3n) is 25.3. The fourth-order valence-corrected chi connectivity index (χ4v) is 16.9. The smallest absolute Gasteiger partial charge is 0.410 e. The number of nitrogens with one attached hydrogen (secondary N) is 6. The van der Waals surface area contributed by atoms with Crippen molar-refractivity contribution in [2.24, 2.45) is 47.2 Å². The molecule has 0 radical (unpaired) electrons. The molecule has 12 atom stereocenters. The monoisotopic (exact) mass is 1910 g/mol. The van der Waals surface area contributed by atoms with Gasteiger partial charge in [-0.1, -0.05) is 198 Å². The number of para-hydroxylation sites is 1. The Bertz CT molecular complexity index is 4590. The van der Waals surface area contributed by atoms with Crippen LogP contribution in [-0.2, 0) is 112 Å². The number of fused-ring (bicyclic) bond motifs is 5. The predicted octanol–water partition coefficient (Wildman–Crippen LogP) is 10.0. The van der Waals surface area contributed by atoms with Crippen LogP contribution in [0.4, 0.5) is 15.3 Å². The molecule has 0 aliphatic carbocycles. The number of urea groups is 1. The number of likely N-dealkylation sites (N-methyl/N-ethyl adjacent to an activating group) is 1. The molecule has 1 fully saturated rings. The molecule has 35 nitrogen and oxygen atoms in total. The molecular formula is C102H154N14O21. The van der Waals surface area contributed by atoms with Crippen LogP contribution in [0.25, 0.3) is 22.5 Å². The lowest BCUT2D eigenvalue weighted by Crippen LogP contribution is -2.59. The van der Waals surface area contributed by atoms with Crippen molar-refractivity contribution in [2.45, 2.75) is 248 Å². The van der Waals surface area contributed by atoms with Crippen LogP contribution in [0.1, 0.15) is 202 Å². The van der Waals surface area contributed by atoms with Crippen LogP contribution in [0.15, 0.2) is 103 Å². The van der Waals surface area contributed by atoms with E-state index >= 15 is 0 Å². The number of carbonyl (C=O) groups excluding carboxylic acids is 12. The van der Waals surface area contributed by atoms with Crippen LogP contribution >= 0.6 is 0 Å². The molecule has 1 unspecified atom stereocenters. The Labute approximate surface area is 808 Å². The average molecular weight is 1910 g/mol. The quantitative estimate of drug-likeness (QED) is 0.0168. The first-order valence-electron chi connectivity index (χ1n) is 49.0. The summed E-state index contributed by atoms with van der Waals surface area (Å²) in [5.41, 5.74) is 11.6. The van der Waals surface area contributed by atoms with Crippen molar-refractivity contribution in [1.29, 1.82) is 0 Å². The number of rotatable bonds is 64. The van der Waals surface area contributed by atoms with Crippen molar-refractivity contribution in [1.82, 2.24) is 61.6 Å². The van der Waals surface area contributed by atoms with Gasteiger partial charge in [0.2, 0.25) is 47.3 Å². The number of amides is 11. The molecular weight excluding hydrogens is 1760 g/mol. The molecule has 2 aliphatic heterocycles. The Balaban J connectivity index is 0.864. The summed E-state index contributed by atoms with van der Waals surface area (Å²) in [6, 6.07) is 25.0. The highest BCUT2D eigenvalue weighted by Gasteiger charge is 2.42. The van der Waals surface area contributed by atoms with E-state index in [4.69, 9.17) is 43.6 Å². The average Bonchev–Trinajstić information content (AvgIpc) is 1.63. The normalized spacial score (nSPS) is 15.4. The minimum Gasteiger partial charge on any atom is -0.445 e. The minimum atomic E-state index is -1.07. The van der Waals surface area contributed by atoms with E-state index in [1.54, 1.807) is 68.7 Å². The highest BCUT2D eigenvalue weighted by atomic mass is 16.6. The van der Waals surface area contributed by atoms with Gasteiger partial charge in [0, 0.05) is 107 Å². The molecule has 2 aliphatic rings. The summed E-state index contributed by atoms with van der Waals surface area (Å²) in [7, 11) is 1.45. The van der Waals surface area contributed by atoms with Gasteiger partial charge in [-0.05, 0) is 110 Å². The number of aromatic nitrogens is 3. The van der Waals surface area contributed by atoms with Gasteiger partial charge < -0.3 is 95.3 Å². The van der Waals surface area contributed by atoms with E-state index in [0.717, 1.165) is 49.1 Å². The second-order valence-electron chi connectivity index (χ2n) is 36.9. The summed E-state index contributed by atoms with van der Waals surface area (Å²) in [6.45, 7) is 31.3. The maximum absolute atomic E-state index is 14.6. The zero-order valence-electron chi connectivity index (χ0n) is 83.3. The number of benzene rings is 4. The molecule has 0 bridgehead atoms. The van der Waals surface area contributed by atoms with Crippen molar-refractivity contribution in [3.05, 3.63) is 125 Å². The number of hydrogen-bond acceptors (Lipinski definition) is 23. The lowest BCUT2D eigenvalue weighted by molar-refractivity contribution is -0.137. The Morgan fingerprint density at radius 3 is 1.77 bits per heavy atom. The summed E-state index contributed by atoms with van der Waals surface area (Å²) in [5.74, 6) is -5.61. The molecule has 0 saturated carbocycles. The largest absolute Gasteiger partial charge is 0.445 e. The minimum absolute atomic E-state index is 0.0103. The molecule has 4 aromatic carbocycles. The number of anilines is 1. The van der Waals surface area contributed by atoms with Gasteiger partial charge in [-0.15, -0.1) is 5.10 Å².